The van der Waals surface area contributed by atoms with E-state index in [0.717, 1.165) is 30.8 Å². The maximum absolute atomic E-state index is 15.2. The summed E-state index contributed by atoms with van der Waals surface area (Å²) in [5.74, 6) is -0.0161. The molecule has 0 amide bonds. The smallest absolute Gasteiger partial charge is 0.132 e. The van der Waals surface area contributed by atoms with E-state index < -0.39 is 0 Å². The van der Waals surface area contributed by atoms with Crippen LogP contribution >= 0.6 is 11.3 Å². The Hall–Kier alpha value is -2.63. The largest absolute Gasteiger partial charge is 0.302 e. The molecule has 5 rings (SSSR count). The molecule has 0 N–H and O–H groups in total. The van der Waals surface area contributed by atoms with E-state index >= 15 is 4.39 Å². The van der Waals surface area contributed by atoms with Crippen LogP contribution in [0, 0.1) is 12.7 Å². The fourth-order valence-corrected chi connectivity index (χ4v) is 5.40. The average molecular weight is 404 g/mol. The van der Waals surface area contributed by atoms with Gasteiger partial charge in [-0.1, -0.05) is 18.2 Å². The van der Waals surface area contributed by atoms with Crippen LogP contribution in [0.5, 0.6) is 0 Å². The Bertz CT molecular complexity index is 1150. The predicted octanol–water partition coefficient (Wildman–Crippen LogP) is 5.77. The van der Waals surface area contributed by atoms with Crippen LogP contribution < -0.4 is 0 Å². The summed E-state index contributed by atoms with van der Waals surface area (Å²) in [6.07, 6.45) is 0.986. The van der Waals surface area contributed by atoms with Gasteiger partial charge < -0.3 is 4.90 Å². The van der Waals surface area contributed by atoms with Crippen LogP contribution in [0.25, 0.3) is 21.3 Å². The number of benzene rings is 2. The Kier molecular flexibility index (Phi) is 4.64. The van der Waals surface area contributed by atoms with Crippen molar-refractivity contribution >= 4 is 21.4 Å². The van der Waals surface area contributed by atoms with Crippen molar-refractivity contribution < 1.29 is 4.39 Å². The summed E-state index contributed by atoms with van der Waals surface area (Å²) in [7, 11) is 2.13. The lowest BCUT2D eigenvalue weighted by Gasteiger charge is -2.17. The molecule has 3 nitrogen and oxygen atoms in total. The maximum Gasteiger partial charge on any atom is 0.132 e. The lowest BCUT2D eigenvalue weighted by Crippen LogP contribution is -2.17. The molecule has 0 radical (unpaired) electrons. The Morgan fingerprint density at radius 1 is 1.07 bits per heavy atom. The number of nitrogens with zero attached hydrogens (tertiary/aromatic N) is 3. The molecule has 4 aromatic rings. The maximum atomic E-state index is 15.2. The molecule has 1 aliphatic heterocycles. The highest BCUT2D eigenvalue weighted by Crippen LogP contribution is 2.41. The van der Waals surface area contributed by atoms with Gasteiger partial charge in [-0.15, -0.1) is 11.3 Å². The minimum Gasteiger partial charge on any atom is -0.302 e. The van der Waals surface area contributed by atoms with E-state index in [4.69, 9.17) is 0 Å². The van der Waals surface area contributed by atoms with E-state index in [1.165, 1.54) is 20.5 Å². The zero-order chi connectivity index (χ0) is 20.0. The Morgan fingerprint density at radius 3 is 2.72 bits per heavy atom. The summed E-state index contributed by atoms with van der Waals surface area (Å²) in [5, 5.41) is 9.57. The molecular weight excluding hydrogens is 381 g/mol. The molecule has 2 aromatic heterocycles. The highest BCUT2D eigenvalue weighted by atomic mass is 32.1. The van der Waals surface area contributed by atoms with Gasteiger partial charge in [-0.3, -0.25) is 0 Å². The minimum atomic E-state index is -0.224. The first-order valence-electron chi connectivity index (χ1n) is 9.88. The van der Waals surface area contributed by atoms with Crippen LogP contribution in [0.2, 0.25) is 0 Å². The van der Waals surface area contributed by atoms with Crippen molar-refractivity contribution in [1.82, 2.24) is 15.1 Å². The molecule has 1 unspecified atom stereocenters. The second kappa shape index (κ2) is 7.32. The number of rotatable bonds is 2. The SMILES string of the molecule is Cc1ccc(-c2cc3c(cc2F)C(c2cc4ccccc4s2)CCN(C)C3)nn1. The van der Waals surface area contributed by atoms with E-state index in [9.17, 15) is 0 Å². The van der Waals surface area contributed by atoms with Crippen molar-refractivity contribution in [1.29, 1.82) is 0 Å². The molecule has 29 heavy (non-hydrogen) atoms. The van der Waals surface area contributed by atoms with Crippen LogP contribution in [-0.4, -0.2) is 28.7 Å². The summed E-state index contributed by atoms with van der Waals surface area (Å²) in [6, 6.07) is 18.2. The van der Waals surface area contributed by atoms with E-state index in [1.54, 1.807) is 6.07 Å². The molecule has 1 aliphatic rings. The first-order chi connectivity index (χ1) is 14.1. The number of aryl methyl sites for hydroxylation is 1. The third-order valence-electron chi connectivity index (χ3n) is 5.71. The Labute approximate surface area is 173 Å². The number of hydrogen-bond acceptors (Lipinski definition) is 4. The van der Waals surface area contributed by atoms with Gasteiger partial charge in [0, 0.05) is 27.6 Å². The molecule has 0 aliphatic carbocycles. The van der Waals surface area contributed by atoms with E-state index in [-0.39, 0.29) is 11.7 Å². The highest BCUT2D eigenvalue weighted by molar-refractivity contribution is 7.19. The summed E-state index contributed by atoms with van der Waals surface area (Å²) in [5.41, 5.74) is 4.21. The predicted molar refractivity (Wildman–Crippen MR) is 117 cm³/mol. The number of aromatic nitrogens is 2. The lowest BCUT2D eigenvalue weighted by molar-refractivity contribution is 0.328. The van der Waals surface area contributed by atoms with Crippen LogP contribution in [-0.2, 0) is 6.54 Å². The molecule has 3 heterocycles. The molecule has 0 saturated carbocycles. The first-order valence-corrected chi connectivity index (χ1v) is 10.7. The van der Waals surface area contributed by atoms with Gasteiger partial charge in [-0.05, 0) is 79.8 Å². The second-order valence-corrected chi connectivity index (χ2v) is 8.97. The number of fused-ring (bicyclic) bond motifs is 2. The third kappa shape index (κ3) is 3.45. The Balaban J connectivity index is 1.63. The van der Waals surface area contributed by atoms with Crippen LogP contribution in [0.3, 0.4) is 0 Å². The standard InChI is InChI=1S/C24H22FN3S/c1-15-7-8-22(27-26-15)20-11-17-14-28(2)10-9-18(19(17)13-21(20)25)24-12-16-5-3-4-6-23(16)29-24/h3-8,11-13,18H,9-10,14H2,1-2H3. The molecule has 2 aromatic carbocycles. The summed E-state index contributed by atoms with van der Waals surface area (Å²) >= 11 is 1.82. The highest BCUT2D eigenvalue weighted by Gasteiger charge is 2.26. The molecule has 0 saturated heterocycles. The molecule has 0 bridgehead atoms. The molecule has 1 atom stereocenters. The summed E-state index contributed by atoms with van der Waals surface area (Å²) in [6.45, 7) is 3.67. The lowest BCUT2D eigenvalue weighted by atomic mass is 9.89. The van der Waals surface area contributed by atoms with Gasteiger partial charge in [0.1, 0.15) is 5.82 Å². The van der Waals surface area contributed by atoms with Crippen LogP contribution in [0.4, 0.5) is 4.39 Å². The van der Waals surface area contributed by atoms with Crippen molar-refractivity contribution in [2.24, 2.45) is 0 Å². The van der Waals surface area contributed by atoms with Gasteiger partial charge in [0.15, 0.2) is 0 Å². The molecule has 0 fully saturated rings. The number of hydrogen-bond donors (Lipinski definition) is 0. The topological polar surface area (TPSA) is 29.0 Å². The quantitative estimate of drug-likeness (QED) is 0.425. The first kappa shape index (κ1) is 18.4. The van der Waals surface area contributed by atoms with Crippen LogP contribution in [0.15, 0.2) is 54.6 Å². The van der Waals surface area contributed by atoms with E-state index in [0.29, 0.717) is 11.3 Å². The molecular formula is C24H22FN3S. The number of thiophene rings is 1. The van der Waals surface area contributed by atoms with Crippen molar-refractivity contribution in [2.75, 3.05) is 13.6 Å². The van der Waals surface area contributed by atoms with Gasteiger partial charge in [-0.2, -0.15) is 10.2 Å². The van der Waals surface area contributed by atoms with Gasteiger partial charge in [0.2, 0.25) is 0 Å². The fraction of sp³-hybridized carbons (Fsp3) is 0.250. The van der Waals surface area contributed by atoms with Crippen molar-refractivity contribution in [3.8, 4) is 11.3 Å². The van der Waals surface area contributed by atoms with Gasteiger partial charge in [0.05, 0.1) is 11.4 Å². The zero-order valence-electron chi connectivity index (χ0n) is 16.5. The van der Waals surface area contributed by atoms with Crippen molar-refractivity contribution in [2.45, 2.75) is 25.8 Å². The van der Waals surface area contributed by atoms with E-state index in [2.05, 4.69) is 52.5 Å². The molecule has 146 valence electrons. The summed E-state index contributed by atoms with van der Waals surface area (Å²) in [4.78, 5) is 3.62. The van der Waals surface area contributed by atoms with Gasteiger partial charge >= 0.3 is 0 Å². The average Bonchev–Trinajstić information content (AvgIpc) is 3.07. The molecule has 0 spiro atoms. The monoisotopic (exact) mass is 403 g/mol. The number of halogens is 1. The molecule has 5 heteroatoms. The fourth-order valence-electron chi connectivity index (χ4n) is 4.18. The van der Waals surface area contributed by atoms with Crippen molar-refractivity contribution in [3.63, 3.8) is 0 Å². The Morgan fingerprint density at radius 2 is 1.93 bits per heavy atom. The van der Waals surface area contributed by atoms with E-state index in [1.807, 2.05) is 36.5 Å². The normalized spacial score (nSPS) is 17.3. The van der Waals surface area contributed by atoms with Crippen LogP contribution in [0.1, 0.15) is 34.0 Å². The summed E-state index contributed by atoms with van der Waals surface area (Å²) < 4.78 is 16.5. The second-order valence-electron chi connectivity index (χ2n) is 7.86. The zero-order valence-corrected chi connectivity index (χ0v) is 17.3. The van der Waals surface area contributed by atoms with Crippen molar-refractivity contribution in [3.05, 3.63) is 82.1 Å². The van der Waals surface area contributed by atoms with Gasteiger partial charge in [-0.25, -0.2) is 4.39 Å². The van der Waals surface area contributed by atoms with Gasteiger partial charge in [0.25, 0.3) is 0 Å². The minimum absolute atomic E-state index is 0.208. The third-order valence-corrected chi connectivity index (χ3v) is 6.94.